The molecule has 1 saturated carbocycles. The molecule has 0 spiro atoms. The molecule has 0 aromatic heterocycles. The van der Waals surface area contributed by atoms with Crippen LogP contribution in [0.1, 0.15) is 29.0 Å². The zero-order valence-electron chi connectivity index (χ0n) is 13.5. The van der Waals surface area contributed by atoms with Crippen LogP contribution in [-0.2, 0) is 0 Å². The Hall–Kier alpha value is -2.96. The third-order valence-corrected chi connectivity index (χ3v) is 4.44. The Kier molecular flexibility index (Phi) is 4.05. The molecule has 1 unspecified atom stereocenters. The quantitative estimate of drug-likeness (QED) is 0.508. The minimum Gasteiger partial charge on any atom is -0.207 e. The van der Waals surface area contributed by atoms with Crippen LogP contribution >= 0.6 is 0 Å². The molecule has 1 atom stereocenters. The van der Waals surface area contributed by atoms with Crippen LogP contribution in [0.5, 0.6) is 0 Å². The Morgan fingerprint density at radius 2 is 1.24 bits per heavy atom. The topological polar surface area (TPSA) is 0 Å². The van der Waals surface area contributed by atoms with Crippen molar-refractivity contribution in [3.63, 3.8) is 0 Å². The van der Waals surface area contributed by atoms with Gasteiger partial charge in [0, 0.05) is 11.5 Å². The van der Waals surface area contributed by atoms with Gasteiger partial charge in [-0.25, -0.2) is 8.78 Å². The predicted octanol–water partition coefficient (Wildman–Crippen LogP) is 6.11. The van der Waals surface area contributed by atoms with Gasteiger partial charge in [-0.15, -0.1) is 5.73 Å². The van der Waals surface area contributed by atoms with E-state index in [2.05, 4.69) is 17.9 Å². The van der Waals surface area contributed by atoms with E-state index in [0.29, 0.717) is 5.92 Å². The summed E-state index contributed by atoms with van der Waals surface area (Å²) in [7, 11) is 0. The van der Waals surface area contributed by atoms with E-state index in [-0.39, 0.29) is 11.6 Å². The molecule has 3 aromatic rings. The Morgan fingerprint density at radius 1 is 0.720 bits per heavy atom. The molecule has 0 nitrogen and oxygen atoms in total. The van der Waals surface area contributed by atoms with Crippen LogP contribution in [0.4, 0.5) is 8.78 Å². The lowest BCUT2D eigenvalue weighted by Gasteiger charge is -2.06. The van der Waals surface area contributed by atoms with Gasteiger partial charge < -0.3 is 0 Å². The van der Waals surface area contributed by atoms with Gasteiger partial charge in [-0.05, 0) is 52.9 Å². The predicted molar refractivity (Wildman–Crippen MR) is 96.1 cm³/mol. The minimum absolute atomic E-state index is 0.275. The normalized spacial score (nSPS) is 15.6. The van der Waals surface area contributed by atoms with E-state index in [0.717, 1.165) is 23.1 Å². The molecule has 3 aromatic carbocycles. The second-order valence-electron chi connectivity index (χ2n) is 6.21. The molecule has 2 heteroatoms. The molecule has 0 amide bonds. The van der Waals surface area contributed by atoms with Crippen molar-refractivity contribution < 1.29 is 8.78 Å². The van der Waals surface area contributed by atoms with Crippen molar-refractivity contribution >= 4 is 5.57 Å². The van der Waals surface area contributed by atoms with Crippen molar-refractivity contribution in [3.8, 4) is 0 Å². The molecule has 0 bridgehead atoms. The summed E-state index contributed by atoms with van der Waals surface area (Å²) in [4.78, 5) is 0. The Balaban J connectivity index is 1.80. The summed E-state index contributed by atoms with van der Waals surface area (Å²) in [6.07, 6.45) is 0.968. The van der Waals surface area contributed by atoms with Gasteiger partial charge in [0.25, 0.3) is 0 Å². The maximum Gasteiger partial charge on any atom is 0.123 e. The third kappa shape index (κ3) is 3.45. The number of rotatable bonds is 3. The highest BCUT2D eigenvalue weighted by Crippen LogP contribution is 2.46. The van der Waals surface area contributed by atoms with Gasteiger partial charge >= 0.3 is 0 Å². The second-order valence-corrected chi connectivity index (χ2v) is 6.21. The average molecular weight is 330 g/mol. The molecule has 0 heterocycles. The summed E-state index contributed by atoms with van der Waals surface area (Å²) in [5, 5.41) is 0. The molecule has 0 aliphatic heterocycles. The van der Waals surface area contributed by atoms with Crippen LogP contribution in [-0.4, -0.2) is 0 Å². The highest BCUT2D eigenvalue weighted by atomic mass is 19.1. The highest BCUT2D eigenvalue weighted by molar-refractivity contribution is 5.80. The fraction of sp³-hybridized carbons (Fsp3) is 0.0870. The van der Waals surface area contributed by atoms with E-state index in [1.807, 2.05) is 18.2 Å². The maximum absolute atomic E-state index is 13.3. The Morgan fingerprint density at radius 3 is 1.76 bits per heavy atom. The van der Waals surface area contributed by atoms with Crippen LogP contribution in [0.3, 0.4) is 0 Å². The van der Waals surface area contributed by atoms with E-state index < -0.39 is 0 Å². The van der Waals surface area contributed by atoms with Crippen molar-refractivity contribution in [2.45, 2.75) is 12.3 Å². The van der Waals surface area contributed by atoms with Crippen LogP contribution in [0.25, 0.3) is 5.57 Å². The number of allylic oxidation sites excluding steroid dienone is 1. The number of halogens is 2. The first-order chi connectivity index (χ1) is 12.2. The monoisotopic (exact) mass is 330 g/mol. The van der Waals surface area contributed by atoms with Crippen LogP contribution in [0.2, 0.25) is 0 Å². The van der Waals surface area contributed by atoms with E-state index in [9.17, 15) is 8.78 Å². The lowest BCUT2D eigenvalue weighted by Crippen LogP contribution is -1.88. The number of hydrogen-bond acceptors (Lipinski definition) is 0. The van der Waals surface area contributed by atoms with E-state index in [1.54, 1.807) is 24.3 Å². The molecular weight excluding hydrogens is 314 g/mol. The van der Waals surface area contributed by atoms with E-state index in [1.165, 1.54) is 35.4 Å². The van der Waals surface area contributed by atoms with Gasteiger partial charge in [-0.3, -0.25) is 0 Å². The molecule has 1 fully saturated rings. The molecule has 25 heavy (non-hydrogen) atoms. The van der Waals surface area contributed by atoms with Gasteiger partial charge in [0.15, 0.2) is 0 Å². The summed E-state index contributed by atoms with van der Waals surface area (Å²) in [6, 6.07) is 23.0. The molecular formula is C23H16F2. The summed E-state index contributed by atoms with van der Waals surface area (Å²) in [6.45, 7) is 0. The van der Waals surface area contributed by atoms with Gasteiger partial charge in [-0.1, -0.05) is 54.6 Å². The van der Waals surface area contributed by atoms with Crippen LogP contribution in [0.15, 0.2) is 90.2 Å². The molecule has 1 aliphatic rings. The van der Waals surface area contributed by atoms with E-state index in [4.69, 9.17) is 0 Å². The smallest absolute Gasteiger partial charge is 0.123 e. The van der Waals surface area contributed by atoms with Crippen LogP contribution in [0, 0.1) is 11.6 Å². The van der Waals surface area contributed by atoms with Gasteiger partial charge in [-0.2, -0.15) is 0 Å². The fourth-order valence-electron chi connectivity index (χ4n) is 3.01. The maximum atomic E-state index is 13.3. The SMILES string of the molecule is Fc1ccc(C(=C=C2CC2c2ccccc2)c2ccc(F)cc2)cc1. The summed E-state index contributed by atoms with van der Waals surface area (Å²) in [5.41, 5.74) is 8.61. The largest absolute Gasteiger partial charge is 0.207 e. The van der Waals surface area contributed by atoms with Crippen molar-refractivity contribution in [1.82, 2.24) is 0 Å². The zero-order chi connectivity index (χ0) is 17.2. The van der Waals surface area contributed by atoms with Gasteiger partial charge in [0.2, 0.25) is 0 Å². The average Bonchev–Trinajstić information content (AvgIpc) is 3.42. The third-order valence-electron chi connectivity index (χ3n) is 4.44. The standard InChI is InChI=1S/C23H16F2/c24-20-10-6-17(7-11-20)22(18-8-12-21(25)13-9-18)14-19-15-23(19)16-4-2-1-3-5-16/h1-13,23H,15H2. The van der Waals surface area contributed by atoms with Crippen molar-refractivity contribution in [3.05, 3.63) is 118 Å². The van der Waals surface area contributed by atoms with Crippen molar-refractivity contribution in [2.24, 2.45) is 0 Å². The first-order valence-corrected chi connectivity index (χ1v) is 8.27. The fourth-order valence-corrected chi connectivity index (χ4v) is 3.01. The first-order valence-electron chi connectivity index (χ1n) is 8.27. The lowest BCUT2D eigenvalue weighted by atomic mass is 9.98. The number of hydrogen-bond donors (Lipinski definition) is 0. The Labute approximate surface area is 145 Å². The van der Waals surface area contributed by atoms with Gasteiger partial charge in [0.1, 0.15) is 11.6 Å². The summed E-state index contributed by atoms with van der Waals surface area (Å²) >= 11 is 0. The molecule has 1 aliphatic carbocycles. The molecule has 0 saturated heterocycles. The minimum atomic E-state index is -0.275. The van der Waals surface area contributed by atoms with Crippen molar-refractivity contribution in [2.75, 3.05) is 0 Å². The second kappa shape index (κ2) is 6.51. The molecule has 0 radical (unpaired) electrons. The lowest BCUT2D eigenvalue weighted by molar-refractivity contribution is 0.627. The van der Waals surface area contributed by atoms with Gasteiger partial charge in [0.05, 0.1) is 0 Å². The van der Waals surface area contributed by atoms with E-state index >= 15 is 0 Å². The van der Waals surface area contributed by atoms with Crippen molar-refractivity contribution in [1.29, 1.82) is 0 Å². The number of benzene rings is 3. The molecule has 122 valence electrons. The molecule has 4 rings (SSSR count). The first kappa shape index (κ1) is 15.6. The highest BCUT2D eigenvalue weighted by Gasteiger charge is 2.31. The summed E-state index contributed by atoms with van der Waals surface area (Å²) in [5.74, 6) is -0.163. The Bertz CT molecular complexity index is 898. The summed E-state index contributed by atoms with van der Waals surface area (Å²) < 4.78 is 26.6. The zero-order valence-corrected chi connectivity index (χ0v) is 13.5. The molecule has 0 N–H and O–H groups in total. The van der Waals surface area contributed by atoms with Crippen LogP contribution < -0.4 is 0 Å².